The highest BCUT2D eigenvalue weighted by Gasteiger charge is 2.27. The van der Waals surface area contributed by atoms with Crippen LogP contribution < -0.4 is 0 Å². The molecule has 20 heavy (non-hydrogen) atoms. The minimum atomic E-state index is 0.0733. The van der Waals surface area contributed by atoms with Crippen molar-refractivity contribution in [2.24, 2.45) is 5.92 Å². The third kappa shape index (κ3) is 3.21. The Kier molecular flexibility index (Phi) is 4.82. The van der Waals surface area contributed by atoms with Crippen LogP contribution in [0.2, 0.25) is 0 Å². The molecule has 0 aliphatic heterocycles. The molecule has 0 unspecified atom stereocenters. The van der Waals surface area contributed by atoms with Gasteiger partial charge in [-0.3, -0.25) is 4.79 Å². The number of hydrogen-bond acceptors (Lipinski definition) is 2. The van der Waals surface area contributed by atoms with Gasteiger partial charge in [0.2, 0.25) is 0 Å². The maximum atomic E-state index is 12.6. The second-order valence-electron chi connectivity index (χ2n) is 5.51. The van der Waals surface area contributed by atoms with E-state index >= 15 is 0 Å². The van der Waals surface area contributed by atoms with Gasteiger partial charge in [-0.05, 0) is 50.3 Å². The van der Waals surface area contributed by atoms with Gasteiger partial charge < -0.3 is 4.90 Å². The molecule has 0 N–H and O–H groups in total. The van der Waals surface area contributed by atoms with E-state index in [9.17, 15) is 4.79 Å². The van der Waals surface area contributed by atoms with Gasteiger partial charge in [-0.25, -0.2) is 0 Å². The highest BCUT2D eigenvalue weighted by molar-refractivity contribution is 9.10. The predicted molar refractivity (Wildman–Crippen MR) is 82.3 cm³/mol. The first-order chi connectivity index (χ1) is 9.52. The van der Waals surface area contributed by atoms with Gasteiger partial charge in [0.05, 0.1) is 6.07 Å². The van der Waals surface area contributed by atoms with E-state index in [0.717, 1.165) is 41.3 Å². The summed E-state index contributed by atoms with van der Waals surface area (Å²) in [5.74, 6) is 0.242. The topological polar surface area (TPSA) is 44.1 Å². The molecule has 3 nitrogen and oxygen atoms in total. The Balaban J connectivity index is 2.09. The standard InChI is InChI=1S/C16H19BrN2O/c1-11-3-6-13(17)9-15(11)16(20)19(2)14-7-4-12(10-18)5-8-14/h3,6,9,12,14H,4-5,7-8H2,1-2H3. The lowest BCUT2D eigenvalue weighted by molar-refractivity contribution is 0.0685. The van der Waals surface area contributed by atoms with Crippen LogP contribution in [-0.2, 0) is 0 Å². The third-order valence-electron chi connectivity index (χ3n) is 4.18. The lowest BCUT2D eigenvalue weighted by Gasteiger charge is -2.33. The van der Waals surface area contributed by atoms with Crippen molar-refractivity contribution in [3.63, 3.8) is 0 Å². The van der Waals surface area contributed by atoms with Gasteiger partial charge in [0, 0.05) is 29.0 Å². The Morgan fingerprint density at radius 1 is 1.35 bits per heavy atom. The molecule has 0 radical (unpaired) electrons. The predicted octanol–water partition coefficient (Wildman–Crippen LogP) is 3.91. The van der Waals surface area contributed by atoms with Gasteiger partial charge in [0.25, 0.3) is 5.91 Å². The van der Waals surface area contributed by atoms with Crippen molar-refractivity contribution in [3.8, 4) is 6.07 Å². The summed E-state index contributed by atoms with van der Waals surface area (Å²) in [4.78, 5) is 14.5. The van der Waals surface area contributed by atoms with Crippen molar-refractivity contribution >= 4 is 21.8 Å². The van der Waals surface area contributed by atoms with Gasteiger partial charge >= 0.3 is 0 Å². The van der Waals surface area contributed by atoms with E-state index in [1.807, 2.05) is 37.1 Å². The lowest BCUT2D eigenvalue weighted by atomic mass is 9.86. The summed E-state index contributed by atoms with van der Waals surface area (Å²) in [6.45, 7) is 1.96. The van der Waals surface area contributed by atoms with E-state index in [0.29, 0.717) is 0 Å². The fourth-order valence-electron chi connectivity index (χ4n) is 2.77. The Morgan fingerprint density at radius 2 is 2.00 bits per heavy atom. The summed E-state index contributed by atoms with van der Waals surface area (Å²) in [6, 6.07) is 8.38. The molecule has 1 aliphatic carbocycles. The zero-order chi connectivity index (χ0) is 14.7. The molecule has 4 heteroatoms. The van der Waals surface area contributed by atoms with E-state index in [1.165, 1.54) is 0 Å². The van der Waals surface area contributed by atoms with Gasteiger partial charge in [-0.2, -0.15) is 5.26 Å². The quantitative estimate of drug-likeness (QED) is 0.822. The first-order valence-electron chi connectivity index (χ1n) is 6.96. The van der Waals surface area contributed by atoms with E-state index < -0.39 is 0 Å². The molecule has 2 rings (SSSR count). The number of nitrogens with zero attached hydrogens (tertiary/aromatic N) is 2. The number of benzene rings is 1. The zero-order valence-electron chi connectivity index (χ0n) is 11.9. The molecule has 0 atom stereocenters. The molecular formula is C16H19BrN2O. The van der Waals surface area contributed by atoms with E-state index in [1.54, 1.807) is 0 Å². The number of halogens is 1. The molecule has 1 saturated carbocycles. The molecule has 0 bridgehead atoms. The average Bonchev–Trinajstić information content (AvgIpc) is 2.48. The fraction of sp³-hybridized carbons (Fsp3) is 0.500. The summed E-state index contributed by atoms with van der Waals surface area (Å²) >= 11 is 3.42. The number of nitriles is 1. The minimum Gasteiger partial charge on any atom is -0.339 e. The third-order valence-corrected chi connectivity index (χ3v) is 4.67. The van der Waals surface area contributed by atoms with Crippen molar-refractivity contribution in [2.45, 2.75) is 38.6 Å². The second-order valence-corrected chi connectivity index (χ2v) is 6.43. The molecule has 1 amide bonds. The van der Waals surface area contributed by atoms with Crippen LogP contribution in [0.4, 0.5) is 0 Å². The van der Waals surface area contributed by atoms with Crippen molar-refractivity contribution in [3.05, 3.63) is 33.8 Å². The average molecular weight is 335 g/mol. The molecule has 1 aliphatic rings. The molecular weight excluding hydrogens is 316 g/mol. The largest absolute Gasteiger partial charge is 0.339 e. The van der Waals surface area contributed by atoms with Crippen LogP contribution in [0, 0.1) is 24.2 Å². The normalized spacial score (nSPS) is 22.1. The van der Waals surface area contributed by atoms with Crippen LogP contribution in [0.15, 0.2) is 22.7 Å². The van der Waals surface area contributed by atoms with Crippen LogP contribution in [0.3, 0.4) is 0 Å². The Morgan fingerprint density at radius 3 is 2.60 bits per heavy atom. The minimum absolute atomic E-state index is 0.0733. The molecule has 0 aromatic heterocycles. The Hall–Kier alpha value is -1.34. The van der Waals surface area contributed by atoms with E-state index in [2.05, 4.69) is 22.0 Å². The van der Waals surface area contributed by atoms with Gasteiger partial charge in [0.1, 0.15) is 0 Å². The smallest absolute Gasteiger partial charge is 0.254 e. The molecule has 1 aromatic rings. The summed E-state index contributed by atoms with van der Waals surface area (Å²) in [5.41, 5.74) is 1.75. The van der Waals surface area contributed by atoms with E-state index in [4.69, 9.17) is 5.26 Å². The van der Waals surface area contributed by atoms with Crippen molar-refractivity contribution < 1.29 is 4.79 Å². The van der Waals surface area contributed by atoms with Crippen molar-refractivity contribution in [1.29, 1.82) is 5.26 Å². The lowest BCUT2D eigenvalue weighted by Crippen LogP contribution is -2.39. The fourth-order valence-corrected chi connectivity index (χ4v) is 3.13. The van der Waals surface area contributed by atoms with Crippen LogP contribution >= 0.6 is 15.9 Å². The number of carbonyl (C=O) groups excluding carboxylic acids is 1. The monoisotopic (exact) mass is 334 g/mol. The van der Waals surface area contributed by atoms with E-state index in [-0.39, 0.29) is 17.9 Å². The zero-order valence-corrected chi connectivity index (χ0v) is 13.5. The summed E-state index contributed by atoms with van der Waals surface area (Å²) in [5, 5.41) is 8.93. The Labute approximate surface area is 128 Å². The Bertz CT molecular complexity index is 542. The number of carbonyl (C=O) groups is 1. The van der Waals surface area contributed by atoms with Crippen molar-refractivity contribution in [1.82, 2.24) is 4.90 Å². The first kappa shape index (κ1) is 15.1. The van der Waals surface area contributed by atoms with Gasteiger partial charge in [-0.15, -0.1) is 0 Å². The summed E-state index contributed by atoms with van der Waals surface area (Å²) in [7, 11) is 1.88. The highest BCUT2D eigenvalue weighted by atomic mass is 79.9. The second kappa shape index (κ2) is 6.41. The molecule has 106 valence electrons. The summed E-state index contributed by atoms with van der Waals surface area (Å²) in [6.07, 6.45) is 3.65. The van der Waals surface area contributed by atoms with Crippen LogP contribution in [-0.4, -0.2) is 23.9 Å². The van der Waals surface area contributed by atoms with Crippen LogP contribution in [0.25, 0.3) is 0 Å². The van der Waals surface area contributed by atoms with Crippen LogP contribution in [0.1, 0.15) is 41.6 Å². The maximum absolute atomic E-state index is 12.6. The number of hydrogen-bond donors (Lipinski definition) is 0. The molecule has 0 spiro atoms. The SMILES string of the molecule is Cc1ccc(Br)cc1C(=O)N(C)C1CCC(C#N)CC1. The first-order valence-corrected chi connectivity index (χ1v) is 7.75. The van der Waals surface area contributed by atoms with Gasteiger partial charge in [-0.1, -0.05) is 22.0 Å². The number of amides is 1. The van der Waals surface area contributed by atoms with Crippen LogP contribution in [0.5, 0.6) is 0 Å². The van der Waals surface area contributed by atoms with Gasteiger partial charge in [0.15, 0.2) is 0 Å². The molecule has 1 aromatic carbocycles. The highest BCUT2D eigenvalue weighted by Crippen LogP contribution is 2.28. The van der Waals surface area contributed by atoms with Crippen molar-refractivity contribution in [2.75, 3.05) is 7.05 Å². The number of rotatable bonds is 2. The summed E-state index contributed by atoms with van der Waals surface area (Å²) < 4.78 is 0.924. The number of aryl methyl sites for hydroxylation is 1. The molecule has 0 heterocycles. The molecule has 1 fully saturated rings. The molecule has 0 saturated heterocycles. The maximum Gasteiger partial charge on any atom is 0.254 e.